The van der Waals surface area contributed by atoms with Gasteiger partial charge in [-0.05, 0) is 18.9 Å². The Labute approximate surface area is 81.0 Å². The second-order valence-corrected chi connectivity index (χ2v) is 3.59. The molecular formula is C9H11N5. The zero-order valence-electron chi connectivity index (χ0n) is 7.72. The molecule has 2 N–H and O–H groups in total. The summed E-state index contributed by atoms with van der Waals surface area (Å²) < 4.78 is 1.82. The van der Waals surface area contributed by atoms with E-state index in [1.54, 1.807) is 6.20 Å². The maximum atomic E-state index is 5.49. The van der Waals surface area contributed by atoms with Crippen molar-refractivity contribution in [1.82, 2.24) is 19.6 Å². The molecule has 1 fully saturated rings. The van der Waals surface area contributed by atoms with Gasteiger partial charge in [0, 0.05) is 12.1 Å². The lowest BCUT2D eigenvalue weighted by atomic mass is 10.3. The van der Waals surface area contributed by atoms with Crippen LogP contribution in [0.4, 0.5) is 0 Å². The van der Waals surface area contributed by atoms with E-state index >= 15 is 0 Å². The number of hydrogen-bond donors (Lipinski definition) is 1. The van der Waals surface area contributed by atoms with Crippen LogP contribution in [0, 0.1) is 0 Å². The smallest absolute Gasteiger partial charge is 0.252 e. The van der Waals surface area contributed by atoms with Crippen LogP contribution in [0.15, 0.2) is 12.3 Å². The Kier molecular flexibility index (Phi) is 1.55. The van der Waals surface area contributed by atoms with Crippen molar-refractivity contribution in [2.24, 2.45) is 5.73 Å². The first-order valence-electron chi connectivity index (χ1n) is 4.79. The van der Waals surface area contributed by atoms with E-state index < -0.39 is 0 Å². The van der Waals surface area contributed by atoms with Gasteiger partial charge in [-0.25, -0.2) is 9.50 Å². The largest absolute Gasteiger partial charge is 0.324 e. The lowest BCUT2D eigenvalue weighted by Crippen LogP contribution is -2.00. The van der Waals surface area contributed by atoms with E-state index in [1.165, 1.54) is 18.5 Å². The van der Waals surface area contributed by atoms with E-state index in [0.29, 0.717) is 24.1 Å². The number of fused-ring (bicyclic) bond motifs is 1. The molecule has 0 bridgehead atoms. The quantitative estimate of drug-likeness (QED) is 0.745. The van der Waals surface area contributed by atoms with Crippen molar-refractivity contribution < 1.29 is 0 Å². The number of aromatic nitrogens is 4. The Morgan fingerprint density at radius 2 is 2.36 bits per heavy atom. The second kappa shape index (κ2) is 2.75. The van der Waals surface area contributed by atoms with Gasteiger partial charge in [0.15, 0.2) is 5.82 Å². The molecule has 0 unspecified atom stereocenters. The number of rotatable bonds is 2. The van der Waals surface area contributed by atoms with Crippen LogP contribution in [0.1, 0.15) is 30.3 Å². The van der Waals surface area contributed by atoms with Crippen molar-refractivity contribution in [3.8, 4) is 0 Å². The van der Waals surface area contributed by atoms with E-state index in [0.717, 1.165) is 0 Å². The summed E-state index contributed by atoms with van der Waals surface area (Å²) in [5.74, 6) is 1.97. The van der Waals surface area contributed by atoms with Gasteiger partial charge in [0.1, 0.15) is 0 Å². The molecule has 1 aliphatic rings. The first-order valence-corrected chi connectivity index (χ1v) is 4.79. The first-order chi connectivity index (χ1) is 6.88. The molecule has 0 radical (unpaired) electrons. The van der Waals surface area contributed by atoms with Crippen LogP contribution in [0.3, 0.4) is 0 Å². The lowest BCUT2D eigenvalue weighted by Gasteiger charge is -1.98. The molecule has 0 aliphatic heterocycles. The van der Waals surface area contributed by atoms with Gasteiger partial charge in [-0.15, -0.1) is 5.10 Å². The minimum absolute atomic E-state index is 0.369. The van der Waals surface area contributed by atoms with Gasteiger partial charge >= 0.3 is 0 Å². The topological polar surface area (TPSA) is 69.1 Å². The third-order valence-electron chi connectivity index (χ3n) is 2.49. The van der Waals surface area contributed by atoms with Gasteiger partial charge in [0.25, 0.3) is 5.78 Å². The monoisotopic (exact) mass is 189 g/mol. The molecule has 2 aromatic rings. The van der Waals surface area contributed by atoms with E-state index in [1.807, 2.05) is 10.6 Å². The Morgan fingerprint density at radius 3 is 3.07 bits per heavy atom. The highest BCUT2D eigenvalue weighted by Gasteiger charge is 2.26. The summed E-state index contributed by atoms with van der Waals surface area (Å²) in [7, 11) is 0. The molecule has 0 spiro atoms. The second-order valence-electron chi connectivity index (χ2n) is 3.59. The fraction of sp³-hybridized carbons (Fsp3) is 0.444. The van der Waals surface area contributed by atoms with Crippen LogP contribution in [0.2, 0.25) is 0 Å². The van der Waals surface area contributed by atoms with Crippen molar-refractivity contribution in [2.75, 3.05) is 0 Å². The van der Waals surface area contributed by atoms with Gasteiger partial charge in [0.2, 0.25) is 0 Å². The Bertz CT molecular complexity index is 471. The highest BCUT2D eigenvalue weighted by Crippen LogP contribution is 2.39. The molecule has 72 valence electrons. The van der Waals surface area contributed by atoms with Crippen molar-refractivity contribution in [3.05, 3.63) is 23.8 Å². The summed E-state index contributed by atoms with van der Waals surface area (Å²) in [6, 6.07) is 2.01. The third kappa shape index (κ3) is 1.09. The van der Waals surface area contributed by atoms with Gasteiger partial charge < -0.3 is 5.73 Å². The Balaban J connectivity index is 2.23. The van der Waals surface area contributed by atoms with Crippen molar-refractivity contribution >= 4 is 5.78 Å². The minimum atomic E-state index is 0.369. The van der Waals surface area contributed by atoms with Crippen LogP contribution < -0.4 is 5.73 Å². The predicted molar refractivity (Wildman–Crippen MR) is 50.6 cm³/mol. The first kappa shape index (κ1) is 7.87. The standard InChI is InChI=1S/C9H11N5/c10-5-8-12-9-11-4-3-7(6-1-2-6)14(9)13-8/h3-4,6H,1-2,5,10H2. The summed E-state index contributed by atoms with van der Waals surface area (Å²) in [6.45, 7) is 0.369. The third-order valence-corrected chi connectivity index (χ3v) is 2.49. The number of nitrogens with zero attached hydrogens (tertiary/aromatic N) is 4. The molecule has 0 atom stereocenters. The highest BCUT2D eigenvalue weighted by molar-refractivity contribution is 5.31. The van der Waals surface area contributed by atoms with Gasteiger partial charge in [-0.1, -0.05) is 0 Å². The van der Waals surface area contributed by atoms with Crippen molar-refractivity contribution in [1.29, 1.82) is 0 Å². The normalized spacial score (nSPS) is 16.4. The fourth-order valence-corrected chi connectivity index (χ4v) is 1.63. The maximum absolute atomic E-state index is 5.49. The van der Waals surface area contributed by atoms with Gasteiger partial charge in [0.05, 0.1) is 12.2 Å². The van der Waals surface area contributed by atoms with Crippen LogP contribution in [0.5, 0.6) is 0 Å². The summed E-state index contributed by atoms with van der Waals surface area (Å²) in [6.07, 6.45) is 4.28. The highest BCUT2D eigenvalue weighted by atomic mass is 15.3. The molecule has 1 aliphatic carbocycles. The average Bonchev–Trinajstić information content (AvgIpc) is 2.96. The number of nitrogens with two attached hydrogens (primary N) is 1. The van der Waals surface area contributed by atoms with E-state index in [4.69, 9.17) is 5.73 Å². The molecule has 2 heterocycles. The molecule has 5 heteroatoms. The molecule has 0 amide bonds. The molecule has 0 saturated heterocycles. The van der Waals surface area contributed by atoms with Crippen molar-refractivity contribution in [2.45, 2.75) is 25.3 Å². The minimum Gasteiger partial charge on any atom is -0.324 e. The van der Waals surface area contributed by atoms with Crippen LogP contribution in [-0.2, 0) is 6.54 Å². The fourth-order valence-electron chi connectivity index (χ4n) is 1.63. The summed E-state index contributed by atoms with van der Waals surface area (Å²) in [5, 5.41) is 4.31. The molecule has 5 nitrogen and oxygen atoms in total. The van der Waals surface area contributed by atoms with E-state index in [2.05, 4.69) is 15.1 Å². The predicted octanol–water partition coefficient (Wildman–Crippen LogP) is 0.460. The Morgan fingerprint density at radius 1 is 1.50 bits per heavy atom. The molecular weight excluding hydrogens is 178 g/mol. The van der Waals surface area contributed by atoms with Gasteiger partial charge in [-0.2, -0.15) is 4.98 Å². The number of hydrogen-bond acceptors (Lipinski definition) is 4. The molecule has 3 rings (SSSR count). The zero-order chi connectivity index (χ0) is 9.54. The van der Waals surface area contributed by atoms with E-state index in [-0.39, 0.29) is 0 Å². The molecule has 2 aromatic heterocycles. The maximum Gasteiger partial charge on any atom is 0.252 e. The van der Waals surface area contributed by atoms with Crippen LogP contribution in [-0.4, -0.2) is 19.6 Å². The molecule has 14 heavy (non-hydrogen) atoms. The SMILES string of the molecule is NCc1nc2nccc(C3CC3)n2n1. The molecule has 1 saturated carbocycles. The van der Waals surface area contributed by atoms with Gasteiger partial charge in [-0.3, -0.25) is 0 Å². The summed E-state index contributed by atoms with van der Waals surface area (Å²) in [5.41, 5.74) is 6.70. The average molecular weight is 189 g/mol. The Hall–Kier alpha value is -1.49. The summed E-state index contributed by atoms with van der Waals surface area (Å²) >= 11 is 0. The van der Waals surface area contributed by atoms with Crippen LogP contribution in [0.25, 0.3) is 5.78 Å². The lowest BCUT2D eigenvalue weighted by molar-refractivity contribution is 0.809. The van der Waals surface area contributed by atoms with Crippen LogP contribution >= 0.6 is 0 Å². The van der Waals surface area contributed by atoms with Crippen molar-refractivity contribution in [3.63, 3.8) is 0 Å². The molecule has 0 aromatic carbocycles. The zero-order valence-corrected chi connectivity index (χ0v) is 7.72. The van der Waals surface area contributed by atoms with E-state index in [9.17, 15) is 0 Å². The summed E-state index contributed by atoms with van der Waals surface area (Å²) in [4.78, 5) is 8.37.